The summed E-state index contributed by atoms with van der Waals surface area (Å²) in [7, 11) is 0. The molecule has 0 aliphatic rings. The topological polar surface area (TPSA) is 75.4 Å². The number of hydrogen-bond donors (Lipinski definition) is 2. The summed E-state index contributed by atoms with van der Waals surface area (Å²) in [5.74, 6) is 0.789. The molecule has 5 nitrogen and oxygen atoms in total. The summed E-state index contributed by atoms with van der Waals surface area (Å²) in [4.78, 5) is 15.9. The number of rotatable bonds is 4. The van der Waals surface area contributed by atoms with E-state index in [0.717, 1.165) is 12.2 Å². The van der Waals surface area contributed by atoms with Gasteiger partial charge in [0.25, 0.3) is 5.91 Å². The molecule has 0 aliphatic carbocycles. The molecule has 0 radical (unpaired) electrons. The average Bonchev–Trinajstić information content (AvgIpc) is 2.87. The van der Waals surface area contributed by atoms with E-state index in [-0.39, 0.29) is 22.9 Å². The van der Waals surface area contributed by atoms with Gasteiger partial charge in [-0.2, -0.15) is 0 Å². The number of oxazole rings is 1. The first-order valence-corrected chi connectivity index (χ1v) is 6.18. The summed E-state index contributed by atoms with van der Waals surface area (Å²) < 4.78 is 5.36. The molecule has 0 bridgehead atoms. The van der Waals surface area contributed by atoms with Crippen LogP contribution in [0.2, 0.25) is 5.02 Å². The Bertz CT molecular complexity index is 595. The van der Waals surface area contributed by atoms with Crippen LogP contribution in [0.4, 0.5) is 0 Å². The molecule has 0 aliphatic heterocycles. The molecule has 0 spiro atoms. The van der Waals surface area contributed by atoms with Gasteiger partial charge < -0.3 is 14.8 Å². The molecule has 1 aromatic heterocycles. The smallest absolute Gasteiger partial charge is 0.253 e. The fourth-order valence-corrected chi connectivity index (χ4v) is 1.73. The normalized spacial score (nSPS) is 10.4. The first-order chi connectivity index (χ1) is 9.10. The van der Waals surface area contributed by atoms with Crippen molar-refractivity contribution in [1.82, 2.24) is 10.3 Å². The Labute approximate surface area is 115 Å². The second-order valence-electron chi connectivity index (χ2n) is 3.92. The van der Waals surface area contributed by atoms with Gasteiger partial charge in [0, 0.05) is 6.42 Å². The van der Waals surface area contributed by atoms with Crippen molar-refractivity contribution in [2.24, 2.45) is 0 Å². The lowest BCUT2D eigenvalue weighted by atomic mass is 10.2. The number of aryl methyl sites for hydroxylation is 1. The lowest BCUT2D eigenvalue weighted by Crippen LogP contribution is -2.23. The predicted molar refractivity (Wildman–Crippen MR) is 70.2 cm³/mol. The molecule has 1 heterocycles. The van der Waals surface area contributed by atoms with Gasteiger partial charge in [-0.05, 0) is 18.2 Å². The molecule has 0 saturated carbocycles. The van der Waals surface area contributed by atoms with Crippen LogP contribution in [0.3, 0.4) is 0 Å². The molecule has 1 aromatic carbocycles. The molecule has 0 fully saturated rings. The molecule has 19 heavy (non-hydrogen) atoms. The number of amides is 1. The number of carbonyl (C=O) groups excluding carboxylic acids is 1. The first-order valence-electron chi connectivity index (χ1n) is 5.80. The summed E-state index contributed by atoms with van der Waals surface area (Å²) in [6, 6.07) is 4.19. The van der Waals surface area contributed by atoms with Gasteiger partial charge in [-0.25, -0.2) is 4.98 Å². The van der Waals surface area contributed by atoms with Gasteiger partial charge in [-0.3, -0.25) is 4.79 Å². The Morgan fingerprint density at radius 2 is 2.32 bits per heavy atom. The fraction of sp³-hybridized carbons (Fsp3) is 0.231. The Morgan fingerprint density at radius 1 is 1.53 bits per heavy atom. The van der Waals surface area contributed by atoms with Gasteiger partial charge in [0.2, 0.25) is 5.89 Å². The lowest BCUT2D eigenvalue weighted by molar-refractivity contribution is 0.0947. The van der Waals surface area contributed by atoms with Crippen LogP contribution >= 0.6 is 11.6 Å². The minimum Gasteiger partial charge on any atom is -0.508 e. The number of phenols is 1. The molecule has 2 N–H and O–H groups in total. The van der Waals surface area contributed by atoms with Crippen LogP contribution in [-0.2, 0) is 13.0 Å². The Morgan fingerprint density at radius 3 is 3.00 bits per heavy atom. The van der Waals surface area contributed by atoms with Crippen molar-refractivity contribution in [2.45, 2.75) is 19.9 Å². The standard InChI is InChI=1S/C13H13ClN2O3/c1-2-9-6-15-12(19-9)7-16-13(18)10-5-8(17)3-4-11(10)14/h3-6,17H,2,7H2,1H3,(H,16,18). The van der Waals surface area contributed by atoms with E-state index in [1.165, 1.54) is 18.2 Å². The largest absolute Gasteiger partial charge is 0.508 e. The quantitative estimate of drug-likeness (QED) is 0.902. The third-order valence-electron chi connectivity index (χ3n) is 2.54. The number of aromatic hydroxyl groups is 1. The third-order valence-corrected chi connectivity index (χ3v) is 2.87. The Kier molecular flexibility index (Phi) is 4.06. The van der Waals surface area contributed by atoms with Crippen molar-refractivity contribution >= 4 is 17.5 Å². The van der Waals surface area contributed by atoms with Crippen LogP contribution in [0.25, 0.3) is 0 Å². The van der Waals surface area contributed by atoms with E-state index in [1.54, 1.807) is 6.20 Å². The minimum absolute atomic E-state index is 0.0149. The zero-order valence-electron chi connectivity index (χ0n) is 10.3. The van der Waals surface area contributed by atoms with Gasteiger partial charge in [0.1, 0.15) is 11.5 Å². The van der Waals surface area contributed by atoms with Crippen LogP contribution in [0.15, 0.2) is 28.8 Å². The molecule has 100 valence electrons. The van der Waals surface area contributed by atoms with E-state index in [0.29, 0.717) is 5.89 Å². The summed E-state index contributed by atoms with van der Waals surface area (Å²) in [5.41, 5.74) is 0.212. The van der Waals surface area contributed by atoms with Crippen molar-refractivity contribution in [3.05, 3.63) is 46.6 Å². The summed E-state index contributed by atoms with van der Waals surface area (Å²) in [6.45, 7) is 2.13. The Balaban J connectivity index is 2.03. The molecule has 0 unspecified atom stereocenters. The number of phenolic OH excluding ortho intramolecular Hbond substituents is 1. The number of nitrogens with one attached hydrogen (secondary N) is 1. The van der Waals surface area contributed by atoms with Crippen LogP contribution in [0.1, 0.15) is 28.9 Å². The summed E-state index contributed by atoms with van der Waals surface area (Å²) in [5, 5.41) is 12.2. The zero-order chi connectivity index (χ0) is 13.8. The predicted octanol–water partition coefficient (Wildman–Crippen LogP) is 2.53. The van der Waals surface area contributed by atoms with E-state index in [1.807, 2.05) is 6.92 Å². The van der Waals surface area contributed by atoms with Gasteiger partial charge in [-0.15, -0.1) is 0 Å². The monoisotopic (exact) mass is 280 g/mol. The van der Waals surface area contributed by atoms with Crippen LogP contribution < -0.4 is 5.32 Å². The van der Waals surface area contributed by atoms with Crippen molar-refractivity contribution in [3.63, 3.8) is 0 Å². The lowest BCUT2D eigenvalue weighted by Gasteiger charge is -2.05. The molecule has 2 rings (SSSR count). The van der Waals surface area contributed by atoms with E-state index in [9.17, 15) is 9.90 Å². The third kappa shape index (κ3) is 3.26. The number of aromatic nitrogens is 1. The highest BCUT2D eigenvalue weighted by Crippen LogP contribution is 2.21. The fourth-order valence-electron chi connectivity index (χ4n) is 1.53. The zero-order valence-corrected chi connectivity index (χ0v) is 11.1. The van der Waals surface area contributed by atoms with E-state index in [2.05, 4.69) is 10.3 Å². The highest BCUT2D eigenvalue weighted by Gasteiger charge is 2.12. The Hall–Kier alpha value is -2.01. The maximum Gasteiger partial charge on any atom is 0.253 e. The average molecular weight is 281 g/mol. The van der Waals surface area contributed by atoms with Crippen molar-refractivity contribution in [1.29, 1.82) is 0 Å². The first kappa shape index (κ1) is 13.4. The maximum absolute atomic E-state index is 11.9. The molecule has 0 atom stereocenters. The molecule has 6 heteroatoms. The molecular weight excluding hydrogens is 268 g/mol. The van der Waals surface area contributed by atoms with Crippen LogP contribution in [0.5, 0.6) is 5.75 Å². The molecule has 2 aromatic rings. The van der Waals surface area contributed by atoms with E-state index < -0.39 is 5.91 Å². The maximum atomic E-state index is 11.9. The van der Waals surface area contributed by atoms with Crippen LogP contribution in [0, 0.1) is 0 Å². The molecule has 1 amide bonds. The summed E-state index contributed by atoms with van der Waals surface area (Å²) in [6.07, 6.45) is 2.38. The van der Waals surface area contributed by atoms with Crippen molar-refractivity contribution in [2.75, 3.05) is 0 Å². The second kappa shape index (κ2) is 5.75. The SMILES string of the molecule is CCc1cnc(CNC(=O)c2cc(O)ccc2Cl)o1. The number of benzene rings is 1. The molecular formula is C13H13ClN2O3. The van der Waals surface area contributed by atoms with Gasteiger partial charge in [0.05, 0.1) is 23.3 Å². The minimum atomic E-state index is -0.392. The van der Waals surface area contributed by atoms with Gasteiger partial charge >= 0.3 is 0 Å². The number of halogens is 1. The number of hydrogen-bond acceptors (Lipinski definition) is 4. The second-order valence-corrected chi connectivity index (χ2v) is 4.33. The number of carbonyl (C=O) groups is 1. The van der Waals surface area contributed by atoms with Crippen molar-refractivity contribution < 1.29 is 14.3 Å². The molecule has 0 saturated heterocycles. The van der Waals surface area contributed by atoms with Gasteiger partial charge in [-0.1, -0.05) is 18.5 Å². The van der Waals surface area contributed by atoms with Gasteiger partial charge in [0.15, 0.2) is 0 Å². The highest BCUT2D eigenvalue weighted by atomic mass is 35.5. The van der Waals surface area contributed by atoms with Crippen molar-refractivity contribution in [3.8, 4) is 5.75 Å². The van der Waals surface area contributed by atoms with Crippen LogP contribution in [-0.4, -0.2) is 16.0 Å². The van der Waals surface area contributed by atoms with E-state index >= 15 is 0 Å². The highest BCUT2D eigenvalue weighted by molar-refractivity contribution is 6.33. The number of nitrogens with zero attached hydrogens (tertiary/aromatic N) is 1. The van der Waals surface area contributed by atoms with E-state index in [4.69, 9.17) is 16.0 Å². The summed E-state index contributed by atoms with van der Waals surface area (Å²) >= 11 is 5.89.